The number of anilines is 1. The predicted molar refractivity (Wildman–Crippen MR) is 70.4 cm³/mol. The van der Waals surface area contributed by atoms with E-state index in [4.69, 9.17) is 0 Å². The minimum atomic E-state index is -4.09. The molecule has 19 heavy (non-hydrogen) atoms. The predicted octanol–water partition coefficient (Wildman–Crippen LogP) is 3.50. The average Bonchev–Trinajstić information content (AvgIpc) is 2.54. The van der Waals surface area contributed by atoms with Crippen LogP contribution in [0.2, 0.25) is 0 Å². The van der Waals surface area contributed by atoms with Crippen molar-refractivity contribution in [2.75, 3.05) is 25.0 Å². The standard InChI is InChI=1S/C14H19F3N2/c1-18-12-6-4-9-19(10-8-14(15,16)17)13-7-3-2-5-11(12)13/h2-3,5,7,12,18H,4,6,8-10H2,1H3. The van der Waals surface area contributed by atoms with Gasteiger partial charge < -0.3 is 10.2 Å². The van der Waals surface area contributed by atoms with Crippen molar-refractivity contribution >= 4 is 5.69 Å². The second kappa shape index (κ2) is 5.82. The summed E-state index contributed by atoms with van der Waals surface area (Å²) in [5.41, 5.74) is 2.04. The van der Waals surface area contributed by atoms with E-state index in [2.05, 4.69) is 5.32 Å². The lowest BCUT2D eigenvalue weighted by Crippen LogP contribution is -2.29. The highest BCUT2D eigenvalue weighted by Crippen LogP contribution is 2.33. The molecule has 1 atom stereocenters. The Hall–Kier alpha value is -1.23. The molecule has 0 amide bonds. The maximum absolute atomic E-state index is 12.4. The van der Waals surface area contributed by atoms with E-state index in [1.165, 1.54) is 0 Å². The third-order valence-corrected chi connectivity index (χ3v) is 3.59. The first kappa shape index (κ1) is 14.2. The van der Waals surface area contributed by atoms with Gasteiger partial charge in [-0.05, 0) is 31.5 Å². The van der Waals surface area contributed by atoms with E-state index in [-0.39, 0.29) is 12.6 Å². The molecular weight excluding hydrogens is 253 g/mol. The zero-order valence-electron chi connectivity index (χ0n) is 11.0. The zero-order valence-corrected chi connectivity index (χ0v) is 11.0. The maximum atomic E-state index is 12.4. The summed E-state index contributed by atoms with van der Waals surface area (Å²) >= 11 is 0. The smallest absolute Gasteiger partial charge is 0.371 e. The van der Waals surface area contributed by atoms with E-state index in [1.807, 2.05) is 36.2 Å². The molecule has 5 heteroatoms. The van der Waals surface area contributed by atoms with E-state index >= 15 is 0 Å². The van der Waals surface area contributed by atoms with Gasteiger partial charge in [-0.25, -0.2) is 0 Å². The van der Waals surface area contributed by atoms with Gasteiger partial charge in [0.1, 0.15) is 0 Å². The van der Waals surface area contributed by atoms with Gasteiger partial charge >= 0.3 is 6.18 Å². The third-order valence-electron chi connectivity index (χ3n) is 3.59. The lowest BCUT2D eigenvalue weighted by molar-refractivity contribution is -0.132. The average molecular weight is 272 g/mol. The number of alkyl halides is 3. The molecule has 0 bridgehead atoms. The summed E-state index contributed by atoms with van der Waals surface area (Å²) in [6, 6.07) is 7.98. The van der Waals surface area contributed by atoms with Crippen molar-refractivity contribution in [1.29, 1.82) is 0 Å². The summed E-state index contributed by atoms with van der Waals surface area (Å²) in [5, 5.41) is 3.24. The van der Waals surface area contributed by atoms with Crippen LogP contribution in [0, 0.1) is 0 Å². The SMILES string of the molecule is CNC1CCCN(CCC(F)(F)F)c2ccccc21. The lowest BCUT2D eigenvalue weighted by Gasteiger charge is -2.26. The number of hydrogen-bond acceptors (Lipinski definition) is 2. The normalized spacial score (nSPS) is 20.0. The van der Waals surface area contributed by atoms with E-state index in [1.54, 1.807) is 0 Å². The van der Waals surface area contributed by atoms with Crippen molar-refractivity contribution in [3.63, 3.8) is 0 Å². The summed E-state index contributed by atoms with van der Waals surface area (Å²) in [4.78, 5) is 1.86. The fourth-order valence-electron chi connectivity index (χ4n) is 2.63. The molecule has 1 N–H and O–H groups in total. The van der Waals surface area contributed by atoms with Crippen molar-refractivity contribution in [3.8, 4) is 0 Å². The molecule has 0 saturated carbocycles. The maximum Gasteiger partial charge on any atom is 0.390 e. The molecule has 1 unspecified atom stereocenters. The molecule has 0 spiro atoms. The fourth-order valence-corrected chi connectivity index (χ4v) is 2.63. The largest absolute Gasteiger partial charge is 0.390 e. The molecule has 1 heterocycles. The molecule has 0 aliphatic carbocycles. The minimum absolute atomic E-state index is 0.0386. The molecule has 2 nitrogen and oxygen atoms in total. The van der Waals surface area contributed by atoms with Crippen LogP contribution in [0.1, 0.15) is 30.9 Å². The zero-order chi connectivity index (χ0) is 13.9. The van der Waals surface area contributed by atoms with Crippen LogP contribution in [0.3, 0.4) is 0 Å². The number of benzene rings is 1. The van der Waals surface area contributed by atoms with Gasteiger partial charge in [-0.1, -0.05) is 18.2 Å². The number of halogens is 3. The Morgan fingerprint density at radius 2 is 2.05 bits per heavy atom. The van der Waals surface area contributed by atoms with Gasteiger partial charge in [0.2, 0.25) is 0 Å². The minimum Gasteiger partial charge on any atom is -0.371 e. The Morgan fingerprint density at radius 3 is 2.74 bits per heavy atom. The van der Waals surface area contributed by atoms with E-state index < -0.39 is 12.6 Å². The molecule has 1 aliphatic heterocycles. The number of hydrogen-bond donors (Lipinski definition) is 1. The Kier molecular flexibility index (Phi) is 4.34. The molecule has 1 aromatic rings. The van der Waals surface area contributed by atoms with Crippen LogP contribution in [0.5, 0.6) is 0 Å². The highest BCUT2D eigenvalue weighted by molar-refractivity contribution is 5.55. The molecule has 1 aromatic carbocycles. The van der Waals surface area contributed by atoms with E-state index in [9.17, 15) is 13.2 Å². The van der Waals surface area contributed by atoms with Crippen molar-refractivity contribution in [3.05, 3.63) is 29.8 Å². The molecule has 0 aromatic heterocycles. The van der Waals surface area contributed by atoms with Crippen molar-refractivity contribution in [2.45, 2.75) is 31.5 Å². The molecule has 1 aliphatic rings. The van der Waals surface area contributed by atoms with Crippen LogP contribution in [0.15, 0.2) is 24.3 Å². The molecular formula is C14H19F3N2. The number of para-hydroxylation sites is 1. The first-order valence-electron chi connectivity index (χ1n) is 6.59. The quantitative estimate of drug-likeness (QED) is 0.906. The number of fused-ring (bicyclic) bond motifs is 1. The molecule has 0 fully saturated rings. The second-order valence-corrected chi connectivity index (χ2v) is 4.89. The Labute approximate surface area is 111 Å². The molecule has 106 valence electrons. The highest BCUT2D eigenvalue weighted by Gasteiger charge is 2.29. The second-order valence-electron chi connectivity index (χ2n) is 4.89. The monoisotopic (exact) mass is 272 g/mol. The van der Waals surface area contributed by atoms with Gasteiger partial charge in [0.05, 0.1) is 6.42 Å². The van der Waals surface area contributed by atoms with Crippen LogP contribution in [-0.2, 0) is 0 Å². The van der Waals surface area contributed by atoms with Crippen molar-refractivity contribution < 1.29 is 13.2 Å². The Morgan fingerprint density at radius 1 is 1.32 bits per heavy atom. The third kappa shape index (κ3) is 3.62. The molecule has 2 rings (SSSR count). The Balaban J connectivity index is 2.20. The van der Waals surface area contributed by atoms with Gasteiger partial charge in [0, 0.05) is 24.8 Å². The van der Waals surface area contributed by atoms with Crippen LogP contribution in [0.4, 0.5) is 18.9 Å². The van der Waals surface area contributed by atoms with Crippen LogP contribution >= 0.6 is 0 Å². The summed E-state index contributed by atoms with van der Waals surface area (Å²) < 4.78 is 37.2. The van der Waals surface area contributed by atoms with Gasteiger partial charge in [-0.15, -0.1) is 0 Å². The van der Waals surface area contributed by atoms with Crippen LogP contribution < -0.4 is 10.2 Å². The van der Waals surface area contributed by atoms with Crippen molar-refractivity contribution in [1.82, 2.24) is 5.32 Å². The number of rotatable bonds is 3. The molecule has 0 radical (unpaired) electrons. The summed E-state index contributed by atoms with van der Waals surface area (Å²) in [5.74, 6) is 0. The van der Waals surface area contributed by atoms with Crippen LogP contribution in [0.25, 0.3) is 0 Å². The van der Waals surface area contributed by atoms with E-state index in [0.29, 0.717) is 6.54 Å². The van der Waals surface area contributed by atoms with Crippen molar-refractivity contribution in [2.24, 2.45) is 0 Å². The van der Waals surface area contributed by atoms with Gasteiger partial charge in [-0.3, -0.25) is 0 Å². The van der Waals surface area contributed by atoms with Crippen LogP contribution in [-0.4, -0.2) is 26.3 Å². The summed E-state index contributed by atoms with van der Waals surface area (Å²) in [6.07, 6.45) is -3.00. The fraction of sp³-hybridized carbons (Fsp3) is 0.571. The van der Waals surface area contributed by atoms with Gasteiger partial charge in [0.25, 0.3) is 0 Å². The number of nitrogens with zero attached hydrogens (tertiary/aromatic N) is 1. The highest BCUT2D eigenvalue weighted by atomic mass is 19.4. The Bertz CT molecular complexity index is 417. The van der Waals surface area contributed by atoms with Gasteiger partial charge in [-0.2, -0.15) is 13.2 Å². The topological polar surface area (TPSA) is 15.3 Å². The summed E-state index contributed by atoms with van der Waals surface area (Å²) in [7, 11) is 1.90. The number of nitrogens with one attached hydrogen (secondary N) is 1. The molecule has 0 saturated heterocycles. The van der Waals surface area contributed by atoms with Gasteiger partial charge in [0.15, 0.2) is 0 Å². The van der Waals surface area contributed by atoms with E-state index in [0.717, 1.165) is 24.1 Å². The first-order valence-corrected chi connectivity index (χ1v) is 6.59. The lowest BCUT2D eigenvalue weighted by atomic mass is 10.0. The summed E-state index contributed by atoms with van der Waals surface area (Å²) in [6.45, 7) is 0.724. The first-order chi connectivity index (χ1) is 9.01.